The summed E-state index contributed by atoms with van der Waals surface area (Å²) in [6.45, 7) is 2.09. The van der Waals surface area contributed by atoms with Gasteiger partial charge >= 0.3 is 6.03 Å². The number of hydrogen-bond donors (Lipinski definition) is 3. The SMILES string of the molecule is C[C@@H](NC(=O)NCCC(N)=O)c1ccc(-n2cncn2)cc1. The van der Waals surface area contributed by atoms with Crippen molar-refractivity contribution in [3.8, 4) is 5.69 Å². The minimum atomic E-state index is -0.447. The monoisotopic (exact) mass is 302 g/mol. The van der Waals surface area contributed by atoms with E-state index in [2.05, 4.69) is 20.7 Å². The molecule has 0 saturated heterocycles. The quantitative estimate of drug-likeness (QED) is 0.720. The number of rotatable bonds is 6. The van der Waals surface area contributed by atoms with E-state index in [1.165, 1.54) is 6.33 Å². The van der Waals surface area contributed by atoms with E-state index < -0.39 is 5.91 Å². The Balaban J connectivity index is 1.88. The number of carbonyl (C=O) groups excluding carboxylic acids is 2. The van der Waals surface area contributed by atoms with Crippen molar-refractivity contribution in [2.75, 3.05) is 6.54 Å². The fourth-order valence-electron chi connectivity index (χ4n) is 1.89. The van der Waals surface area contributed by atoms with E-state index in [0.717, 1.165) is 11.3 Å². The number of carbonyl (C=O) groups is 2. The van der Waals surface area contributed by atoms with Crippen LogP contribution in [0.2, 0.25) is 0 Å². The number of amides is 3. The first-order valence-corrected chi connectivity index (χ1v) is 6.84. The first kappa shape index (κ1) is 15.5. The number of hydrogen-bond acceptors (Lipinski definition) is 4. The largest absolute Gasteiger partial charge is 0.370 e. The van der Waals surface area contributed by atoms with Gasteiger partial charge in [0.1, 0.15) is 12.7 Å². The highest BCUT2D eigenvalue weighted by Crippen LogP contribution is 2.14. The Labute approximate surface area is 127 Å². The number of urea groups is 1. The summed E-state index contributed by atoms with van der Waals surface area (Å²) in [6, 6.07) is 7.10. The van der Waals surface area contributed by atoms with Gasteiger partial charge in [0.25, 0.3) is 0 Å². The Bertz CT molecular complexity index is 623. The minimum Gasteiger partial charge on any atom is -0.370 e. The molecule has 1 aromatic carbocycles. The first-order valence-electron chi connectivity index (χ1n) is 6.84. The number of nitrogens with two attached hydrogens (primary N) is 1. The van der Waals surface area contributed by atoms with Crippen LogP contribution in [0, 0.1) is 0 Å². The van der Waals surface area contributed by atoms with Crippen LogP contribution < -0.4 is 16.4 Å². The smallest absolute Gasteiger partial charge is 0.315 e. The minimum absolute atomic E-state index is 0.119. The molecule has 8 nitrogen and oxygen atoms in total. The van der Waals surface area contributed by atoms with E-state index in [4.69, 9.17) is 5.73 Å². The Morgan fingerprint density at radius 3 is 2.64 bits per heavy atom. The van der Waals surface area contributed by atoms with Gasteiger partial charge in [-0.1, -0.05) is 12.1 Å². The van der Waals surface area contributed by atoms with Crippen molar-refractivity contribution in [2.45, 2.75) is 19.4 Å². The van der Waals surface area contributed by atoms with E-state index in [9.17, 15) is 9.59 Å². The molecule has 0 aliphatic heterocycles. The molecular weight excluding hydrogens is 284 g/mol. The van der Waals surface area contributed by atoms with E-state index >= 15 is 0 Å². The predicted molar refractivity (Wildman–Crippen MR) is 80.1 cm³/mol. The molecule has 4 N–H and O–H groups in total. The highest BCUT2D eigenvalue weighted by atomic mass is 16.2. The van der Waals surface area contributed by atoms with Crippen LogP contribution in [-0.2, 0) is 4.79 Å². The molecule has 2 rings (SSSR count). The average molecular weight is 302 g/mol. The van der Waals surface area contributed by atoms with Crippen LogP contribution in [0.25, 0.3) is 5.69 Å². The molecule has 116 valence electrons. The molecule has 0 radical (unpaired) electrons. The Morgan fingerprint density at radius 1 is 1.32 bits per heavy atom. The van der Waals surface area contributed by atoms with Crippen molar-refractivity contribution in [1.82, 2.24) is 25.4 Å². The summed E-state index contributed by atoms with van der Waals surface area (Å²) < 4.78 is 1.65. The van der Waals surface area contributed by atoms with Crippen molar-refractivity contribution < 1.29 is 9.59 Å². The van der Waals surface area contributed by atoms with E-state index in [1.54, 1.807) is 11.0 Å². The van der Waals surface area contributed by atoms with Crippen LogP contribution in [0.15, 0.2) is 36.9 Å². The van der Waals surface area contributed by atoms with E-state index in [-0.39, 0.29) is 25.0 Å². The standard InChI is InChI=1S/C14H18N6O2/c1-10(19-14(22)17-7-6-13(15)21)11-2-4-12(5-3-11)20-9-16-8-18-20/h2-5,8-10H,6-7H2,1H3,(H2,15,21)(H2,17,19,22)/t10-/m1/s1. The highest BCUT2D eigenvalue weighted by Gasteiger charge is 2.09. The maximum atomic E-state index is 11.7. The predicted octanol–water partition coefficient (Wildman–Crippen LogP) is 0.503. The third kappa shape index (κ3) is 4.30. The van der Waals surface area contributed by atoms with Crippen LogP contribution in [0.5, 0.6) is 0 Å². The number of nitrogens with zero attached hydrogens (tertiary/aromatic N) is 3. The molecule has 22 heavy (non-hydrogen) atoms. The van der Waals surface area contributed by atoms with Crippen LogP contribution in [0.4, 0.5) is 4.79 Å². The second-order valence-electron chi connectivity index (χ2n) is 4.77. The lowest BCUT2D eigenvalue weighted by Gasteiger charge is -2.15. The normalized spacial score (nSPS) is 11.7. The molecule has 0 bridgehead atoms. The molecule has 8 heteroatoms. The van der Waals surface area contributed by atoms with Gasteiger partial charge in [-0.15, -0.1) is 0 Å². The Kier molecular flexibility index (Phi) is 5.07. The number of aromatic nitrogens is 3. The van der Waals surface area contributed by atoms with Gasteiger partial charge in [0.15, 0.2) is 0 Å². The molecule has 2 aromatic rings. The van der Waals surface area contributed by atoms with Crippen molar-refractivity contribution >= 4 is 11.9 Å². The molecule has 3 amide bonds. The summed E-state index contributed by atoms with van der Waals surface area (Å²) in [5.41, 5.74) is 6.84. The highest BCUT2D eigenvalue weighted by molar-refractivity contribution is 5.77. The van der Waals surface area contributed by atoms with E-state index in [1.807, 2.05) is 31.2 Å². The first-order chi connectivity index (χ1) is 10.6. The zero-order valence-electron chi connectivity index (χ0n) is 12.2. The molecular formula is C14H18N6O2. The van der Waals surface area contributed by atoms with Crippen LogP contribution >= 0.6 is 0 Å². The summed E-state index contributed by atoms with van der Waals surface area (Å²) in [5, 5.41) is 9.41. The summed E-state index contributed by atoms with van der Waals surface area (Å²) in [4.78, 5) is 26.1. The van der Waals surface area contributed by atoms with Gasteiger partial charge in [0.05, 0.1) is 11.7 Å². The summed E-state index contributed by atoms with van der Waals surface area (Å²) in [6.07, 6.45) is 3.20. The molecule has 0 spiro atoms. The molecule has 1 heterocycles. The fraction of sp³-hybridized carbons (Fsp3) is 0.286. The van der Waals surface area contributed by atoms with Gasteiger partial charge in [-0.2, -0.15) is 5.10 Å². The number of nitrogens with one attached hydrogen (secondary N) is 2. The van der Waals surface area contributed by atoms with Crippen molar-refractivity contribution in [3.63, 3.8) is 0 Å². The lowest BCUT2D eigenvalue weighted by atomic mass is 10.1. The second-order valence-corrected chi connectivity index (χ2v) is 4.77. The van der Waals surface area contributed by atoms with Crippen molar-refractivity contribution in [1.29, 1.82) is 0 Å². The second kappa shape index (κ2) is 7.21. The Hall–Kier alpha value is -2.90. The summed E-state index contributed by atoms with van der Waals surface area (Å²) in [5.74, 6) is -0.447. The molecule has 0 saturated carbocycles. The number of benzene rings is 1. The van der Waals surface area contributed by atoms with Gasteiger partial charge in [-0.25, -0.2) is 14.5 Å². The zero-order chi connectivity index (χ0) is 15.9. The molecule has 0 aliphatic rings. The lowest BCUT2D eigenvalue weighted by Crippen LogP contribution is -2.38. The van der Waals surface area contributed by atoms with Crippen LogP contribution in [0.1, 0.15) is 24.9 Å². The van der Waals surface area contributed by atoms with E-state index in [0.29, 0.717) is 0 Å². The summed E-state index contributed by atoms with van der Waals surface area (Å²) in [7, 11) is 0. The maximum absolute atomic E-state index is 11.7. The van der Waals surface area contributed by atoms with Gasteiger partial charge in [0.2, 0.25) is 5.91 Å². The van der Waals surface area contributed by atoms with Crippen molar-refractivity contribution in [2.24, 2.45) is 5.73 Å². The molecule has 1 aromatic heterocycles. The van der Waals surface area contributed by atoms with Crippen molar-refractivity contribution in [3.05, 3.63) is 42.5 Å². The third-order valence-corrected chi connectivity index (χ3v) is 3.08. The molecule has 0 aliphatic carbocycles. The van der Waals surface area contributed by atoms with Gasteiger partial charge in [0, 0.05) is 13.0 Å². The van der Waals surface area contributed by atoms with Gasteiger partial charge in [-0.05, 0) is 24.6 Å². The zero-order valence-corrected chi connectivity index (χ0v) is 12.2. The Morgan fingerprint density at radius 2 is 2.05 bits per heavy atom. The fourth-order valence-corrected chi connectivity index (χ4v) is 1.89. The average Bonchev–Trinajstić information content (AvgIpc) is 3.01. The lowest BCUT2D eigenvalue weighted by molar-refractivity contribution is -0.117. The van der Waals surface area contributed by atoms with Crippen LogP contribution in [0.3, 0.4) is 0 Å². The topological polar surface area (TPSA) is 115 Å². The summed E-state index contributed by atoms with van der Waals surface area (Å²) >= 11 is 0. The van der Waals surface area contributed by atoms with Gasteiger partial charge in [-0.3, -0.25) is 4.79 Å². The number of primary amides is 1. The third-order valence-electron chi connectivity index (χ3n) is 3.08. The van der Waals surface area contributed by atoms with Gasteiger partial charge < -0.3 is 16.4 Å². The molecule has 1 atom stereocenters. The maximum Gasteiger partial charge on any atom is 0.315 e. The molecule has 0 unspecified atom stereocenters. The molecule has 0 fully saturated rings. The van der Waals surface area contributed by atoms with Crippen LogP contribution in [-0.4, -0.2) is 33.2 Å².